The van der Waals surface area contributed by atoms with E-state index in [1.165, 1.54) is 0 Å². The van der Waals surface area contributed by atoms with E-state index in [4.69, 9.17) is 4.74 Å². The minimum atomic E-state index is -1.10. The first-order valence-electron chi connectivity index (χ1n) is 7.21. The molecule has 0 aromatic heterocycles. The second kappa shape index (κ2) is 4.29. The average molecular weight is 282 g/mol. The van der Waals surface area contributed by atoms with Gasteiger partial charge in [0.25, 0.3) is 0 Å². The Balaban J connectivity index is 2.05. The van der Waals surface area contributed by atoms with Gasteiger partial charge in [0.2, 0.25) is 0 Å². The van der Waals surface area contributed by atoms with E-state index in [1.54, 1.807) is 13.8 Å². The molecule has 5 nitrogen and oxygen atoms in total. The number of hydrogen-bond acceptors (Lipinski definition) is 5. The Morgan fingerprint density at radius 2 is 2.05 bits per heavy atom. The zero-order valence-corrected chi connectivity index (χ0v) is 11.8. The van der Waals surface area contributed by atoms with Gasteiger partial charge >= 0.3 is 5.97 Å². The fourth-order valence-corrected chi connectivity index (χ4v) is 4.44. The quantitative estimate of drug-likeness (QED) is 0.437. The van der Waals surface area contributed by atoms with E-state index in [2.05, 4.69) is 6.58 Å². The molecule has 0 aromatic carbocycles. The third-order valence-electron chi connectivity index (χ3n) is 5.57. The van der Waals surface area contributed by atoms with Crippen molar-refractivity contribution in [3.05, 3.63) is 12.2 Å². The molecule has 0 radical (unpaired) electrons. The van der Waals surface area contributed by atoms with Crippen molar-refractivity contribution >= 4 is 5.97 Å². The maximum absolute atomic E-state index is 11.8. The summed E-state index contributed by atoms with van der Waals surface area (Å²) in [5.74, 6) is -1.57. The van der Waals surface area contributed by atoms with Gasteiger partial charge in [-0.25, -0.2) is 0 Å². The molecule has 3 rings (SSSR count). The topological polar surface area (TPSA) is 87.0 Å². The van der Waals surface area contributed by atoms with Crippen LogP contribution in [0, 0.1) is 23.7 Å². The highest BCUT2D eigenvalue weighted by atomic mass is 16.6. The molecule has 3 fully saturated rings. The first-order chi connectivity index (χ1) is 9.24. The van der Waals surface area contributed by atoms with Gasteiger partial charge in [-0.3, -0.25) is 4.79 Å². The zero-order chi connectivity index (χ0) is 14.8. The second-order valence-electron chi connectivity index (χ2n) is 6.85. The van der Waals surface area contributed by atoms with Crippen molar-refractivity contribution in [2.24, 2.45) is 23.7 Å². The van der Waals surface area contributed by atoms with Crippen molar-refractivity contribution in [1.29, 1.82) is 0 Å². The number of hydrogen-bond donors (Lipinski definition) is 3. The predicted molar refractivity (Wildman–Crippen MR) is 70.5 cm³/mol. The number of fused-ring (bicyclic) bond motifs is 3. The van der Waals surface area contributed by atoms with E-state index in [0.717, 1.165) is 0 Å². The van der Waals surface area contributed by atoms with E-state index in [9.17, 15) is 20.1 Å². The van der Waals surface area contributed by atoms with Crippen LogP contribution < -0.4 is 0 Å². The van der Waals surface area contributed by atoms with Crippen molar-refractivity contribution in [3.8, 4) is 0 Å². The average Bonchev–Trinajstić information content (AvgIpc) is 2.76. The number of esters is 1. The van der Waals surface area contributed by atoms with Crippen molar-refractivity contribution in [2.75, 3.05) is 0 Å². The van der Waals surface area contributed by atoms with Crippen LogP contribution in [0.25, 0.3) is 0 Å². The van der Waals surface area contributed by atoms with Gasteiger partial charge in [0.1, 0.15) is 6.10 Å². The molecule has 112 valence electrons. The van der Waals surface area contributed by atoms with Crippen molar-refractivity contribution in [2.45, 2.75) is 50.6 Å². The Kier molecular flexibility index (Phi) is 3.01. The van der Waals surface area contributed by atoms with E-state index in [0.29, 0.717) is 12.0 Å². The third kappa shape index (κ3) is 1.76. The lowest BCUT2D eigenvalue weighted by Gasteiger charge is -2.33. The molecule has 0 spiro atoms. The van der Waals surface area contributed by atoms with Crippen molar-refractivity contribution < 1.29 is 24.9 Å². The van der Waals surface area contributed by atoms with Crippen molar-refractivity contribution in [3.63, 3.8) is 0 Å². The van der Waals surface area contributed by atoms with E-state index in [1.807, 2.05) is 0 Å². The summed E-state index contributed by atoms with van der Waals surface area (Å²) in [5, 5.41) is 31.1. The summed E-state index contributed by atoms with van der Waals surface area (Å²) in [4.78, 5) is 11.8. The minimum absolute atomic E-state index is 0.191. The molecule has 0 aromatic rings. The molecule has 1 heterocycles. The third-order valence-corrected chi connectivity index (χ3v) is 5.57. The fourth-order valence-electron chi connectivity index (χ4n) is 4.44. The van der Waals surface area contributed by atoms with Gasteiger partial charge in [-0.15, -0.1) is 0 Å². The molecule has 5 heteroatoms. The van der Waals surface area contributed by atoms with Crippen LogP contribution in [0.2, 0.25) is 0 Å². The SMILES string of the molecule is C=C1[C@@H]2[C@H]3OC(=O)[C@@H](C)[C@@H]3[C@@H](O)C[C@@](C)(O)[C@@H]2C[C@@H]1O. The molecule has 1 aliphatic heterocycles. The van der Waals surface area contributed by atoms with Gasteiger partial charge in [-0.1, -0.05) is 13.5 Å². The molecule has 20 heavy (non-hydrogen) atoms. The molecule has 3 aliphatic rings. The molecule has 0 amide bonds. The Bertz CT molecular complexity index is 457. The highest BCUT2D eigenvalue weighted by Crippen LogP contribution is 2.53. The van der Waals surface area contributed by atoms with Gasteiger partial charge in [-0.2, -0.15) is 0 Å². The lowest BCUT2D eigenvalue weighted by Crippen LogP contribution is -2.39. The summed E-state index contributed by atoms with van der Waals surface area (Å²) >= 11 is 0. The van der Waals surface area contributed by atoms with Gasteiger partial charge < -0.3 is 20.1 Å². The molecular weight excluding hydrogens is 260 g/mol. The first-order valence-corrected chi connectivity index (χ1v) is 7.21. The van der Waals surface area contributed by atoms with Crippen LogP contribution in [0.3, 0.4) is 0 Å². The zero-order valence-electron chi connectivity index (χ0n) is 11.8. The van der Waals surface area contributed by atoms with E-state index >= 15 is 0 Å². The maximum atomic E-state index is 11.8. The number of carbonyl (C=O) groups excluding carboxylic acids is 1. The smallest absolute Gasteiger partial charge is 0.309 e. The number of aliphatic hydroxyl groups excluding tert-OH is 2. The number of aliphatic hydroxyl groups is 3. The largest absolute Gasteiger partial charge is 0.461 e. The highest BCUT2D eigenvalue weighted by molar-refractivity contribution is 5.75. The Hall–Kier alpha value is -0.910. The standard InChI is InChI=1S/C15H22O5/c1-6-9(16)4-8-11(6)13-12(7(2)14(18)20-13)10(17)5-15(8,3)19/h7-13,16-17,19H,1,4-5H2,2-3H3/t7-,8+,9-,10-,11-,12+,13+,15+/m0/s1. The van der Waals surface area contributed by atoms with Crippen LogP contribution in [0.4, 0.5) is 0 Å². The van der Waals surface area contributed by atoms with Crippen LogP contribution in [0.5, 0.6) is 0 Å². The normalized spacial score (nSPS) is 55.1. The summed E-state index contributed by atoms with van der Waals surface area (Å²) in [6, 6.07) is 0. The number of rotatable bonds is 0. The van der Waals surface area contributed by atoms with Gasteiger partial charge in [-0.05, 0) is 18.9 Å². The van der Waals surface area contributed by atoms with E-state index < -0.39 is 29.8 Å². The minimum Gasteiger partial charge on any atom is -0.461 e. The van der Waals surface area contributed by atoms with E-state index in [-0.39, 0.29) is 30.1 Å². The Morgan fingerprint density at radius 3 is 2.70 bits per heavy atom. The van der Waals surface area contributed by atoms with Crippen LogP contribution in [-0.2, 0) is 9.53 Å². The van der Waals surface area contributed by atoms with Crippen LogP contribution in [-0.4, -0.2) is 45.2 Å². The predicted octanol–water partition coefficient (Wildman–Crippen LogP) is 0.233. The molecule has 3 N–H and O–H groups in total. The first kappa shape index (κ1) is 14.0. The van der Waals surface area contributed by atoms with Gasteiger partial charge in [0, 0.05) is 24.2 Å². The summed E-state index contributed by atoms with van der Waals surface area (Å²) in [6.07, 6.45) is -1.36. The van der Waals surface area contributed by atoms with Gasteiger partial charge in [0.15, 0.2) is 0 Å². The Morgan fingerprint density at radius 1 is 1.40 bits per heavy atom. The van der Waals surface area contributed by atoms with Crippen LogP contribution in [0.1, 0.15) is 26.7 Å². The lowest BCUT2D eigenvalue weighted by molar-refractivity contribution is -0.146. The molecule has 0 bridgehead atoms. The number of carbonyl (C=O) groups is 1. The molecule has 8 atom stereocenters. The summed E-state index contributed by atoms with van der Waals surface area (Å²) < 4.78 is 5.47. The molecular formula is C15H22O5. The molecule has 2 saturated carbocycles. The van der Waals surface area contributed by atoms with Gasteiger partial charge in [0.05, 0.1) is 23.7 Å². The summed E-state index contributed by atoms with van der Waals surface area (Å²) in [5.41, 5.74) is -0.484. The molecule has 0 unspecified atom stereocenters. The van der Waals surface area contributed by atoms with Crippen LogP contribution in [0.15, 0.2) is 12.2 Å². The molecule has 1 saturated heterocycles. The summed E-state index contributed by atoms with van der Waals surface area (Å²) in [7, 11) is 0. The highest BCUT2D eigenvalue weighted by Gasteiger charge is 2.60. The summed E-state index contributed by atoms with van der Waals surface area (Å²) in [6.45, 7) is 7.36. The number of ether oxygens (including phenoxy) is 1. The molecule has 2 aliphatic carbocycles. The lowest BCUT2D eigenvalue weighted by atomic mass is 9.77. The van der Waals surface area contributed by atoms with Crippen molar-refractivity contribution in [1.82, 2.24) is 0 Å². The monoisotopic (exact) mass is 282 g/mol. The fraction of sp³-hybridized carbons (Fsp3) is 0.800. The Labute approximate surface area is 118 Å². The van der Waals surface area contributed by atoms with Crippen LogP contribution >= 0.6 is 0 Å². The second-order valence-corrected chi connectivity index (χ2v) is 6.85. The maximum Gasteiger partial charge on any atom is 0.309 e.